The normalized spacial score (nSPS) is 11.1. The Balaban J connectivity index is 2.05. The van der Waals surface area contributed by atoms with Crippen molar-refractivity contribution < 1.29 is 0 Å². The monoisotopic (exact) mass is 252 g/mol. The summed E-state index contributed by atoms with van der Waals surface area (Å²) in [5, 5.41) is 0. The van der Waals surface area contributed by atoms with Gasteiger partial charge >= 0.3 is 0 Å². The van der Waals surface area contributed by atoms with Crippen molar-refractivity contribution in [2.45, 2.75) is 13.3 Å². The number of pyridine rings is 1. The van der Waals surface area contributed by atoms with Crippen LogP contribution in [-0.4, -0.2) is 21.5 Å². The number of benzene rings is 1. The molecule has 0 fully saturated rings. The highest BCUT2D eigenvalue weighted by atomic mass is 15.0. The van der Waals surface area contributed by atoms with Gasteiger partial charge in [-0.2, -0.15) is 0 Å². The first-order valence-electron chi connectivity index (χ1n) is 6.38. The first kappa shape index (κ1) is 11.9. The molecule has 0 amide bonds. The molecular formula is C15H16N4. The summed E-state index contributed by atoms with van der Waals surface area (Å²) in [5.41, 5.74) is 10.7. The Morgan fingerprint density at radius 2 is 2.16 bits per heavy atom. The average Bonchev–Trinajstić information content (AvgIpc) is 2.82. The summed E-state index contributed by atoms with van der Waals surface area (Å²) in [5.74, 6) is 0.854. The minimum atomic E-state index is 0.657. The molecule has 0 aliphatic rings. The van der Waals surface area contributed by atoms with Crippen LogP contribution in [0.15, 0.2) is 36.5 Å². The highest BCUT2D eigenvalue weighted by Crippen LogP contribution is 2.21. The average molecular weight is 252 g/mol. The number of aromatic nitrogens is 3. The number of imidazole rings is 1. The van der Waals surface area contributed by atoms with E-state index >= 15 is 0 Å². The van der Waals surface area contributed by atoms with Gasteiger partial charge in [-0.05, 0) is 43.1 Å². The Labute approximate surface area is 111 Å². The van der Waals surface area contributed by atoms with Gasteiger partial charge in [0.2, 0.25) is 0 Å². The van der Waals surface area contributed by atoms with Gasteiger partial charge < -0.3 is 10.7 Å². The van der Waals surface area contributed by atoms with Crippen molar-refractivity contribution >= 4 is 11.2 Å². The molecule has 2 heterocycles. The van der Waals surface area contributed by atoms with Crippen LogP contribution >= 0.6 is 0 Å². The minimum Gasteiger partial charge on any atom is -0.337 e. The van der Waals surface area contributed by atoms with Crippen LogP contribution < -0.4 is 5.73 Å². The Hall–Kier alpha value is -2.20. The van der Waals surface area contributed by atoms with Gasteiger partial charge in [-0.15, -0.1) is 0 Å². The van der Waals surface area contributed by atoms with E-state index in [1.54, 1.807) is 0 Å². The van der Waals surface area contributed by atoms with Gasteiger partial charge in [0, 0.05) is 11.8 Å². The fourth-order valence-electron chi connectivity index (χ4n) is 2.18. The Bertz CT molecular complexity index is 715. The fourth-order valence-corrected chi connectivity index (χ4v) is 2.18. The molecule has 4 nitrogen and oxygen atoms in total. The summed E-state index contributed by atoms with van der Waals surface area (Å²) in [7, 11) is 0. The smallest absolute Gasteiger partial charge is 0.178 e. The summed E-state index contributed by atoms with van der Waals surface area (Å²) in [4.78, 5) is 12.2. The molecule has 0 radical (unpaired) electrons. The van der Waals surface area contributed by atoms with Gasteiger partial charge in [0.15, 0.2) is 5.65 Å². The highest BCUT2D eigenvalue weighted by molar-refractivity contribution is 5.76. The van der Waals surface area contributed by atoms with Crippen molar-refractivity contribution in [2.75, 3.05) is 6.54 Å². The van der Waals surface area contributed by atoms with Crippen LogP contribution in [0, 0.1) is 6.92 Å². The zero-order valence-electron chi connectivity index (χ0n) is 10.9. The number of H-pyrrole nitrogens is 1. The van der Waals surface area contributed by atoms with E-state index in [-0.39, 0.29) is 0 Å². The minimum absolute atomic E-state index is 0.657. The molecule has 19 heavy (non-hydrogen) atoms. The fraction of sp³-hybridized carbons (Fsp3) is 0.200. The van der Waals surface area contributed by atoms with Crippen molar-refractivity contribution in [1.82, 2.24) is 15.0 Å². The van der Waals surface area contributed by atoms with Gasteiger partial charge in [0.05, 0.1) is 5.52 Å². The summed E-state index contributed by atoms with van der Waals surface area (Å²) in [6, 6.07) is 10.3. The second-order valence-electron chi connectivity index (χ2n) is 4.71. The first-order valence-corrected chi connectivity index (χ1v) is 6.38. The first-order chi connectivity index (χ1) is 9.26. The van der Waals surface area contributed by atoms with Gasteiger partial charge in [-0.1, -0.05) is 18.2 Å². The third-order valence-electron chi connectivity index (χ3n) is 3.11. The quantitative estimate of drug-likeness (QED) is 0.752. The lowest BCUT2D eigenvalue weighted by Gasteiger charge is -2.01. The molecule has 3 rings (SSSR count). The number of rotatable bonds is 3. The van der Waals surface area contributed by atoms with Crippen molar-refractivity contribution in [3.05, 3.63) is 47.7 Å². The molecule has 0 bridgehead atoms. The molecule has 4 heteroatoms. The molecule has 0 saturated heterocycles. The molecule has 96 valence electrons. The molecule has 0 saturated carbocycles. The molecule has 3 aromatic rings. The number of fused-ring (bicyclic) bond motifs is 1. The number of hydrogen-bond donors (Lipinski definition) is 2. The van der Waals surface area contributed by atoms with Crippen molar-refractivity contribution in [3.8, 4) is 11.4 Å². The van der Waals surface area contributed by atoms with Crippen LogP contribution in [0.5, 0.6) is 0 Å². The van der Waals surface area contributed by atoms with Gasteiger partial charge in [-0.3, -0.25) is 0 Å². The van der Waals surface area contributed by atoms with E-state index in [4.69, 9.17) is 5.73 Å². The standard InChI is InChI=1S/C15H16N4/c1-10-7-13-15(17-9-10)19-14(18-13)12-4-2-3-11(8-12)5-6-16/h2-4,7-9H,5-6,16H2,1H3,(H,17,18,19). The largest absolute Gasteiger partial charge is 0.337 e. The Morgan fingerprint density at radius 3 is 3.00 bits per heavy atom. The molecular weight excluding hydrogens is 236 g/mol. The maximum absolute atomic E-state index is 5.59. The van der Waals surface area contributed by atoms with E-state index in [9.17, 15) is 0 Å². The van der Waals surface area contributed by atoms with E-state index in [1.165, 1.54) is 5.56 Å². The lowest BCUT2D eigenvalue weighted by molar-refractivity contribution is 0.969. The number of nitrogens with two attached hydrogens (primary N) is 1. The summed E-state index contributed by atoms with van der Waals surface area (Å²) in [6.07, 6.45) is 2.71. The molecule has 0 aliphatic heterocycles. The summed E-state index contributed by atoms with van der Waals surface area (Å²) in [6.45, 7) is 2.68. The van der Waals surface area contributed by atoms with E-state index in [0.717, 1.165) is 34.5 Å². The second kappa shape index (κ2) is 4.82. The highest BCUT2D eigenvalue weighted by Gasteiger charge is 2.06. The second-order valence-corrected chi connectivity index (χ2v) is 4.71. The topological polar surface area (TPSA) is 67.6 Å². The molecule has 0 aliphatic carbocycles. The molecule has 1 aromatic carbocycles. The maximum Gasteiger partial charge on any atom is 0.178 e. The van der Waals surface area contributed by atoms with Gasteiger partial charge in [0.1, 0.15) is 5.82 Å². The van der Waals surface area contributed by atoms with Crippen LogP contribution in [0.1, 0.15) is 11.1 Å². The predicted octanol–water partition coefficient (Wildman–Crippen LogP) is 2.43. The number of hydrogen-bond acceptors (Lipinski definition) is 3. The zero-order valence-corrected chi connectivity index (χ0v) is 10.9. The lowest BCUT2D eigenvalue weighted by atomic mass is 10.1. The summed E-state index contributed by atoms with van der Waals surface area (Å²) < 4.78 is 0. The third kappa shape index (κ3) is 2.35. The van der Waals surface area contributed by atoms with Gasteiger partial charge in [0.25, 0.3) is 0 Å². The van der Waals surface area contributed by atoms with Crippen LogP contribution in [0.2, 0.25) is 0 Å². The molecule has 0 spiro atoms. The van der Waals surface area contributed by atoms with Crippen LogP contribution in [0.25, 0.3) is 22.6 Å². The van der Waals surface area contributed by atoms with Crippen LogP contribution in [0.3, 0.4) is 0 Å². The molecule has 2 aromatic heterocycles. The number of nitrogens with zero attached hydrogens (tertiary/aromatic N) is 2. The van der Waals surface area contributed by atoms with E-state index in [2.05, 4.69) is 33.2 Å². The van der Waals surface area contributed by atoms with Gasteiger partial charge in [-0.25, -0.2) is 9.97 Å². The predicted molar refractivity (Wildman–Crippen MR) is 76.8 cm³/mol. The third-order valence-corrected chi connectivity index (χ3v) is 3.11. The Kier molecular flexibility index (Phi) is 3.01. The van der Waals surface area contributed by atoms with E-state index < -0.39 is 0 Å². The van der Waals surface area contributed by atoms with Crippen molar-refractivity contribution in [1.29, 1.82) is 0 Å². The maximum atomic E-state index is 5.59. The van der Waals surface area contributed by atoms with Crippen molar-refractivity contribution in [3.63, 3.8) is 0 Å². The molecule has 0 unspecified atom stereocenters. The molecule has 3 N–H and O–H groups in total. The summed E-state index contributed by atoms with van der Waals surface area (Å²) >= 11 is 0. The SMILES string of the molecule is Cc1cnc2nc(-c3cccc(CCN)c3)[nH]c2c1. The van der Waals surface area contributed by atoms with E-state index in [0.29, 0.717) is 6.54 Å². The zero-order chi connectivity index (χ0) is 13.2. The van der Waals surface area contributed by atoms with Crippen LogP contribution in [-0.2, 0) is 6.42 Å². The molecule has 0 atom stereocenters. The van der Waals surface area contributed by atoms with Crippen LogP contribution in [0.4, 0.5) is 0 Å². The number of nitrogens with one attached hydrogen (secondary N) is 1. The Morgan fingerprint density at radius 1 is 1.26 bits per heavy atom. The number of aromatic amines is 1. The van der Waals surface area contributed by atoms with Crippen molar-refractivity contribution in [2.24, 2.45) is 5.73 Å². The lowest BCUT2D eigenvalue weighted by Crippen LogP contribution is -2.02. The number of aryl methyl sites for hydroxylation is 1. The van der Waals surface area contributed by atoms with E-state index in [1.807, 2.05) is 25.3 Å².